The number of thiazole rings is 1. The predicted octanol–water partition coefficient (Wildman–Crippen LogP) is 0.273. The number of amides is 1. The Hall–Kier alpha value is -0.980. The van der Waals surface area contributed by atoms with Gasteiger partial charge in [0.05, 0.1) is 12.1 Å². The number of rotatable bonds is 4. The van der Waals surface area contributed by atoms with Crippen LogP contribution in [0.25, 0.3) is 0 Å². The molecule has 0 fully saturated rings. The molecule has 1 aromatic rings. The summed E-state index contributed by atoms with van der Waals surface area (Å²) in [6.07, 6.45) is -0.555. The van der Waals surface area contributed by atoms with E-state index < -0.39 is 6.10 Å². The van der Waals surface area contributed by atoms with Crippen LogP contribution in [0.1, 0.15) is 35.4 Å². The summed E-state index contributed by atoms with van der Waals surface area (Å²) in [5.74, 6) is -0.279. The summed E-state index contributed by atoms with van der Waals surface area (Å²) in [7, 11) is 0. The average Bonchev–Trinajstić information content (AvgIpc) is 2.62. The van der Waals surface area contributed by atoms with Gasteiger partial charge in [0.1, 0.15) is 10.7 Å². The van der Waals surface area contributed by atoms with Gasteiger partial charge >= 0.3 is 0 Å². The van der Waals surface area contributed by atoms with Crippen LogP contribution in [-0.2, 0) is 0 Å². The van der Waals surface area contributed by atoms with E-state index in [-0.39, 0.29) is 18.5 Å². The summed E-state index contributed by atoms with van der Waals surface area (Å²) < 4.78 is 0. The zero-order valence-corrected chi connectivity index (χ0v) is 9.54. The van der Waals surface area contributed by atoms with Gasteiger partial charge in [0.15, 0.2) is 0 Å². The molecular weight excluding hydrogens is 214 g/mol. The van der Waals surface area contributed by atoms with E-state index in [4.69, 9.17) is 10.8 Å². The quantitative estimate of drug-likeness (QED) is 0.691. The first kappa shape index (κ1) is 12.1. The first-order valence-electron chi connectivity index (χ1n) is 4.68. The van der Waals surface area contributed by atoms with Gasteiger partial charge in [0.25, 0.3) is 5.91 Å². The molecule has 6 heteroatoms. The van der Waals surface area contributed by atoms with Crippen LogP contribution in [0.4, 0.5) is 0 Å². The van der Waals surface area contributed by atoms with Gasteiger partial charge in [-0.2, -0.15) is 0 Å². The van der Waals surface area contributed by atoms with Crippen LogP contribution in [0.2, 0.25) is 0 Å². The molecule has 0 saturated carbocycles. The molecule has 84 valence electrons. The van der Waals surface area contributed by atoms with Crippen molar-refractivity contribution in [3.8, 4) is 0 Å². The van der Waals surface area contributed by atoms with Crippen LogP contribution in [0.15, 0.2) is 5.38 Å². The highest BCUT2D eigenvalue weighted by Gasteiger charge is 2.12. The minimum absolute atomic E-state index is 0.159. The second-order valence-electron chi connectivity index (χ2n) is 3.42. The lowest BCUT2D eigenvalue weighted by Crippen LogP contribution is -2.30. The van der Waals surface area contributed by atoms with Crippen molar-refractivity contribution in [2.24, 2.45) is 5.73 Å². The van der Waals surface area contributed by atoms with Gasteiger partial charge in [0, 0.05) is 11.9 Å². The molecule has 15 heavy (non-hydrogen) atoms. The molecule has 0 aliphatic rings. The fourth-order valence-corrected chi connectivity index (χ4v) is 1.69. The average molecular weight is 229 g/mol. The van der Waals surface area contributed by atoms with Crippen molar-refractivity contribution < 1.29 is 9.90 Å². The SMILES string of the molecule is CC(N)c1nc(C(=O)NC[C@@H](C)O)cs1. The summed E-state index contributed by atoms with van der Waals surface area (Å²) in [6, 6.07) is -0.159. The Bertz CT molecular complexity index is 336. The Labute approximate surface area is 92.3 Å². The first-order chi connectivity index (χ1) is 7.00. The number of aliphatic hydroxyl groups is 1. The summed E-state index contributed by atoms with van der Waals surface area (Å²) in [5, 5.41) is 14.0. The standard InChI is InChI=1S/C9H15N3O2S/c1-5(13)3-11-8(14)7-4-15-9(12-7)6(2)10/h4-6,13H,3,10H2,1-2H3,(H,11,14)/t5-,6?/m1/s1. The molecule has 1 rings (SSSR count). The lowest BCUT2D eigenvalue weighted by Gasteiger charge is -2.04. The van der Waals surface area contributed by atoms with E-state index in [9.17, 15) is 4.79 Å². The molecule has 1 aromatic heterocycles. The topological polar surface area (TPSA) is 88.2 Å². The zero-order chi connectivity index (χ0) is 11.4. The second kappa shape index (κ2) is 5.20. The van der Waals surface area contributed by atoms with Gasteiger partial charge < -0.3 is 16.2 Å². The Morgan fingerprint density at radius 3 is 2.87 bits per heavy atom. The van der Waals surface area contributed by atoms with Crippen LogP contribution in [0.3, 0.4) is 0 Å². The van der Waals surface area contributed by atoms with Crippen molar-refractivity contribution >= 4 is 17.2 Å². The van der Waals surface area contributed by atoms with Gasteiger partial charge in [-0.3, -0.25) is 4.79 Å². The molecule has 0 saturated heterocycles. The summed E-state index contributed by atoms with van der Waals surface area (Å²) in [6.45, 7) is 3.65. The van der Waals surface area contributed by atoms with E-state index in [0.29, 0.717) is 5.69 Å². The third-order valence-electron chi connectivity index (χ3n) is 1.70. The van der Waals surface area contributed by atoms with E-state index in [1.807, 2.05) is 6.92 Å². The zero-order valence-electron chi connectivity index (χ0n) is 8.73. The van der Waals surface area contributed by atoms with Gasteiger partial charge in [-0.15, -0.1) is 11.3 Å². The number of aromatic nitrogens is 1. The van der Waals surface area contributed by atoms with Crippen LogP contribution < -0.4 is 11.1 Å². The highest BCUT2D eigenvalue weighted by atomic mass is 32.1. The Balaban J connectivity index is 2.58. The lowest BCUT2D eigenvalue weighted by molar-refractivity contribution is 0.0919. The van der Waals surface area contributed by atoms with Gasteiger partial charge in [-0.05, 0) is 13.8 Å². The van der Waals surface area contributed by atoms with Crippen molar-refractivity contribution in [2.45, 2.75) is 26.0 Å². The summed E-state index contributed by atoms with van der Waals surface area (Å²) in [5.41, 5.74) is 5.98. The Kier molecular flexibility index (Phi) is 4.19. The van der Waals surface area contributed by atoms with Crippen LogP contribution in [0, 0.1) is 0 Å². The van der Waals surface area contributed by atoms with Crippen molar-refractivity contribution in [3.63, 3.8) is 0 Å². The normalized spacial score (nSPS) is 14.7. The molecule has 0 aromatic carbocycles. The van der Waals surface area contributed by atoms with Gasteiger partial charge in [-0.25, -0.2) is 4.98 Å². The van der Waals surface area contributed by atoms with Gasteiger partial charge in [0.2, 0.25) is 0 Å². The maximum atomic E-state index is 11.5. The minimum Gasteiger partial charge on any atom is -0.392 e. The summed E-state index contributed by atoms with van der Waals surface area (Å²) >= 11 is 1.36. The van der Waals surface area contributed by atoms with E-state index in [1.165, 1.54) is 11.3 Å². The van der Waals surface area contributed by atoms with E-state index >= 15 is 0 Å². The Morgan fingerprint density at radius 2 is 2.40 bits per heavy atom. The number of carbonyl (C=O) groups excluding carboxylic acids is 1. The summed E-state index contributed by atoms with van der Waals surface area (Å²) in [4.78, 5) is 15.6. The molecule has 1 unspecified atom stereocenters. The Morgan fingerprint density at radius 1 is 1.73 bits per heavy atom. The van der Waals surface area contributed by atoms with Crippen LogP contribution in [-0.4, -0.2) is 28.6 Å². The molecule has 0 spiro atoms. The maximum absolute atomic E-state index is 11.5. The highest BCUT2D eigenvalue weighted by molar-refractivity contribution is 7.09. The molecule has 2 atom stereocenters. The number of hydrogen-bond acceptors (Lipinski definition) is 5. The minimum atomic E-state index is -0.555. The fraction of sp³-hybridized carbons (Fsp3) is 0.556. The lowest BCUT2D eigenvalue weighted by atomic mass is 10.3. The molecule has 1 heterocycles. The molecule has 0 aliphatic carbocycles. The molecule has 0 bridgehead atoms. The number of nitrogens with two attached hydrogens (primary N) is 1. The molecule has 1 amide bonds. The number of nitrogens with zero attached hydrogens (tertiary/aromatic N) is 1. The van der Waals surface area contributed by atoms with Crippen LogP contribution >= 0.6 is 11.3 Å². The monoisotopic (exact) mass is 229 g/mol. The van der Waals surface area contributed by atoms with Crippen molar-refractivity contribution in [3.05, 3.63) is 16.1 Å². The third-order valence-corrected chi connectivity index (χ3v) is 2.75. The number of hydrogen-bond donors (Lipinski definition) is 3. The molecule has 0 radical (unpaired) electrons. The highest BCUT2D eigenvalue weighted by Crippen LogP contribution is 2.15. The third kappa shape index (κ3) is 3.58. The first-order valence-corrected chi connectivity index (χ1v) is 5.56. The number of aliphatic hydroxyl groups excluding tert-OH is 1. The van der Waals surface area contributed by atoms with Crippen molar-refractivity contribution in [1.29, 1.82) is 0 Å². The van der Waals surface area contributed by atoms with E-state index in [2.05, 4.69) is 10.3 Å². The van der Waals surface area contributed by atoms with Crippen molar-refractivity contribution in [2.75, 3.05) is 6.54 Å². The predicted molar refractivity (Wildman–Crippen MR) is 58.7 cm³/mol. The number of nitrogens with one attached hydrogen (secondary N) is 1. The van der Waals surface area contributed by atoms with Gasteiger partial charge in [-0.1, -0.05) is 0 Å². The fourth-order valence-electron chi connectivity index (χ4n) is 0.932. The molecule has 5 nitrogen and oxygen atoms in total. The smallest absolute Gasteiger partial charge is 0.270 e. The molecule has 4 N–H and O–H groups in total. The van der Waals surface area contributed by atoms with Crippen LogP contribution in [0.5, 0.6) is 0 Å². The number of carbonyl (C=O) groups is 1. The second-order valence-corrected chi connectivity index (χ2v) is 4.31. The largest absolute Gasteiger partial charge is 0.392 e. The van der Waals surface area contributed by atoms with E-state index in [0.717, 1.165) is 5.01 Å². The molecule has 0 aliphatic heterocycles. The maximum Gasteiger partial charge on any atom is 0.270 e. The molecular formula is C9H15N3O2S. The van der Waals surface area contributed by atoms with E-state index in [1.54, 1.807) is 12.3 Å². The van der Waals surface area contributed by atoms with Crippen molar-refractivity contribution in [1.82, 2.24) is 10.3 Å².